The van der Waals surface area contributed by atoms with Gasteiger partial charge in [-0.25, -0.2) is 14.5 Å². The predicted octanol–water partition coefficient (Wildman–Crippen LogP) is 5.40. The first kappa shape index (κ1) is 28.1. The van der Waals surface area contributed by atoms with Crippen molar-refractivity contribution in [3.05, 3.63) is 72.0 Å². The molecular weight excluding hydrogens is 516 g/mol. The second kappa shape index (κ2) is 12.8. The zero-order valence-corrected chi connectivity index (χ0v) is 23.9. The third-order valence-corrected chi connectivity index (χ3v) is 7.65. The molecule has 4 aromatic heterocycles. The average Bonchev–Trinajstić information content (AvgIpc) is 3.66. The Labute approximate surface area is 239 Å². The van der Waals surface area contributed by atoms with Crippen molar-refractivity contribution in [3.63, 3.8) is 0 Å². The maximum atomic E-state index is 13.2. The number of benzene rings is 1. The highest BCUT2D eigenvalue weighted by Crippen LogP contribution is 2.26. The van der Waals surface area contributed by atoms with E-state index in [0.29, 0.717) is 37.2 Å². The van der Waals surface area contributed by atoms with E-state index in [-0.39, 0.29) is 11.9 Å². The van der Waals surface area contributed by atoms with E-state index in [4.69, 9.17) is 0 Å². The number of amides is 1. The molecule has 5 rings (SSSR count). The molecule has 0 saturated carbocycles. The summed E-state index contributed by atoms with van der Waals surface area (Å²) in [5.74, 6) is 1.52. The average molecular weight is 553 g/mol. The van der Waals surface area contributed by atoms with Crippen LogP contribution >= 0.6 is 0 Å². The fourth-order valence-corrected chi connectivity index (χ4v) is 5.24. The molecule has 0 aliphatic heterocycles. The standard InChI is InChI=1S/C31H36N8O2/c1-4-25(40)8-6-5-7-9-27(30-33-18-28(38-30)23-11-10-22-14-15-32-17-24(22)16-23)37-29(41)13-12-26-20(2)36-31-34-19-35-39(31)21(26)3/h10-11,14-19,27H,4-9,12-13H2,1-3H3,(H,33,38)(H,37,41)/t27-/m0/s1. The van der Waals surface area contributed by atoms with E-state index in [1.165, 1.54) is 6.33 Å². The van der Waals surface area contributed by atoms with Crippen LogP contribution in [0.3, 0.4) is 0 Å². The van der Waals surface area contributed by atoms with Crippen molar-refractivity contribution in [3.8, 4) is 11.3 Å². The summed E-state index contributed by atoms with van der Waals surface area (Å²) < 4.78 is 1.71. The number of aromatic nitrogens is 7. The van der Waals surface area contributed by atoms with E-state index in [0.717, 1.165) is 70.5 Å². The minimum atomic E-state index is -0.265. The SMILES string of the molecule is CCC(=O)CCCCC[C@H](NC(=O)CCc1c(C)nc2ncnn2c1C)c1ncc(-c2ccc3ccncc3c2)[nH]1. The third-order valence-electron chi connectivity index (χ3n) is 7.65. The third kappa shape index (κ3) is 6.65. The zero-order chi connectivity index (χ0) is 28.8. The summed E-state index contributed by atoms with van der Waals surface area (Å²) in [6, 6.07) is 7.93. The lowest BCUT2D eigenvalue weighted by Crippen LogP contribution is -2.29. The number of imidazole rings is 1. The molecule has 1 amide bonds. The van der Waals surface area contributed by atoms with Gasteiger partial charge < -0.3 is 10.3 Å². The number of unbranched alkanes of at least 4 members (excludes halogenated alkanes) is 2. The summed E-state index contributed by atoms with van der Waals surface area (Å²) in [7, 11) is 0. The van der Waals surface area contributed by atoms with Gasteiger partial charge in [0.05, 0.1) is 17.9 Å². The number of ketones is 1. The Morgan fingerprint density at radius 3 is 2.76 bits per heavy atom. The number of fused-ring (bicyclic) bond motifs is 2. The number of H-pyrrole nitrogens is 1. The van der Waals surface area contributed by atoms with E-state index in [1.54, 1.807) is 10.7 Å². The number of rotatable bonds is 13. The molecule has 0 aliphatic rings. The van der Waals surface area contributed by atoms with Gasteiger partial charge in [0.25, 0.3) is 5.78 Å². The molecule has 5 aromatic rings. The highest BCUT2D eigenvalue weighted by atomic mass is 16.1. The lowest BCUT2D eigenvalue weighted by molar-refractivity contribution is -0.122. The molecule has 0 saturated heterocycles. The normalized spacial score (nSPS) is 12.2. The van der Waals surface area contributed by atoms with Gasteiger partial charge in [-0.1, -0.05) is 31.9 Å². The number of nitrogens with one attached hydrogen (secondary N) is 2. The number of hydrogen-bond donors (Lipinski definition) is 2. The fourth-order valence-electron chi connectivity index (χ4n) is 5.24. The molecule has 0 spiro atoms. The van der Waals surface area contributed by atoms with Gasteiger partial charge in [0.1, 0.15) is 17.9 Å². The van der Waals surface area contributed by atoms with Crippen LogP contribution in [0.5, 0.6) is 0 Å². The lowest BCUT2D eigenvalue weighted by Gasteiger charge is -2.17. The van der Waals surface area contributed by atoms with Crippen LogP contribution in [0.15, 0.2) is 49.2 Å². The number of Topliss-reactive ketones (excluding diaryl/α,β-unsaturated/α-hetero) is 1. The molecule has 0 aliphatic carbocycles. The van der Waals surface area contributed by atoms with Gasteiger partial charge in [0.15, 0.2) is 0 Å². The van der Waals surface area contributed by atoms with Gasteiger partial charge in [0.2, 0.25) is 5.91 Å². The van der Waals surface area contributed by atoms with Crippen molar-refractivity contribution in [2.45, 2.75) is 78.2 Å². The van der Waals surface area contributed by atoms with Gasteiger partial charge in [-0.15, -0.1) is 0 Å². The van der Waals surface area contributed by atoms with Gasteiger partial charge in [-0.3, -0.25) is 14.6 Å². The molecule has 0 unspecified atom stereocenters. The smallest absolute Gasteiger partial charge is 0.252 e. The first-order valence-electron chi connectivity index (χ1n) is 14.3. The van der Waals surface area contributed by atoms with Crippen LogP contribution in [0.2, 0.25) is 0 Å². The summed E-state index contributed by atoms with van der Waals surface area (Å²) in [4.78, 5) is 46.0. The van der Waals surface area contributed by atoms with Crippen LogP contribution in [0.4, 0.5) is 0 Å². The molecule has 1 atom stereocenters. The Kier molecular flexibility index (Phi) is 8.76. The number of pyridine rings is 1. The predicted molar refractivity (Wildman–Crippen MR) is 157 cm³/mol. The minimum Gasteiger partial charge on any atom is -0.346 e. The first-order chi connectivity index (χ1) is 19.9. The van der Waals surface area contributed by atoms with Gasteiger partial charge in [-0.2, -0.15) is 10.1 Å². The summed E-state index contributed by atoms with van der Waals surface area (Å²) in [5.41, 5.74) is 4.69. The molecule has 4 heterocycles. The van der Waals surface area contributed by atoms with E-state index >= 15 is 0 Å². The molecule has 41 heavy (non-hydrogen) atoms. The molecule has 0 bridgehead atoms. The topological polar surface area (TPSA) is 131 Å². The molecular formula is C31H36N8O2. The van der Waals surface area contributed by atoms with Crippen molar-refractivity contribution in [2.75, 3.05) is 0 Å². The van der Waals surface area contributed by atoms with E-state index in [9.17, 15) is 9.59 Å². The van der Waals surface area contributed by atoms with Gasteiger partial charge in [-0.05, 0) is 56.2 Å². The Hall–Kier alpha value is -4.47. The highest BCUT2D eigenvalue weighted by molar-refractivity contribution is 5.86. The monoisotopic (exact) mass is 552 g/mol. The maximum Gasteiger partial charge on any atom is 0.252 e. The van der Waals surface area contributed by atoms with Gasteiger partial charge in [0, 0.05) is 54.0 Å². The fraction of sp³-hybridized carbons (Fsp3) is 0.387. The number of carbonyl (C=O) groups is 2. The second-order valence-corrected chi connectivity index (χ2v) is 10.5. The van der Waals surface area contributed by atoms with E-state index in [1.807, 2.05) is 39.2 Å². The van der Waals surface area contributed by atoms with Crippen molar-refractivity contribution < 1.29 is 9.59 Å². The second-order valence-electron chi connectivity index (χ2n) is 10.5. The number of carbonyl (C=O) groups excluding carboxylic acids is 2. The van der Waals surface area contributed by atoms with Crippen molar-refractivity contribution in [2.24, 2.45) is 0 Å². The molecule has 0 radical (unpaired) electrons. The number of aromatic amines is 1. The molecule has 1 aromatic carbocycles. The van der Waals surface area contributed by atoms with E-state index in [2.05, 4.69) is 53.5 Å². The number of nitrogens with zero attached hydrogens (tertiary/aromatic N) is 6. The summed E-state index contributed by atoms with van der Waals surface area (Å²) in [5, 5.41) is 9.64. The van der Waals surface area contributed by atoms with Crippen LogP contribution < -0.4 is 5.32 Å². The Morgan fingerprint density at radius 2 is 1.90 bits per heavy atom. The minimum absolute atomic E-state index is 0.0524. The van der Waals surface area contributed by atoms with Crippen molar-refractivity contribution in [1.82, 2.24) is 39.9 Å². The molecule has 10 heteroatoms. The first-order valence-corrected chi connectivity index (χ1v) is 14.3. The van der Waals surface area contributed by atoms with Gasteiger partial charge >= 0.3 is 0 Å². The highest BCUT2D eigenvalue weighted by Gasteiger charge is 2.20. The summed E-state index contributed by atoms with van der Waals surface area (Å²) >= 11 is 0. The largest absolute Gasteiger partial charge is 0.346 e. The van der Waals surface area contributed by atoms with Crippen LogP contribution in [0, 0.1) is 13.8 Å². The Balaban J connectivity index is 1.29. The molecule has 10 nitrogen and oxygen atoms in total. The molecule has 0 fully saturated rings. The van der Waals surface area contributed by atoms with Crippen LogP contribution in [0.25, 0.3) is 27.8 Å². The Bertz CT molecular complexity index is 1670. The van der Waals surface area contributed by atoms with E-state index < -0.39 is 0 Å². The zero-order valence-electron chi connectivity index (χ0n) is 23.9. The summed E-state index contributed by atoms with van der Waals surface area (Å²) in [6.07, 6.45) is 12.4. The Morgan fingerprint density at radius 1 is 1.02 bits per heavy atom. The van der Waals surface area contributed by atoms with Crippen LogP contribution in [0.1, 0.15) is 80.7 Å². The molecule has 212 valence electrons. The quantitative estimate of drug-likeness (QED) is 0.187. The lowest BCUT2D eigenvalue weighted by atomic mass is 10.0. The summed E-state index contributed by atoms with van der Waals surface area (Å²) in [6.45, 7) is 5.81. The van der Waals surface area contributed by atoms with Crippen LogP contribution in [-0.4, -0.2) is 46.2 Å². The molecule has 2 N–H and O–H groups in total. The maximum absolute atomic E-state index is 13.2. The number of aryl methyl sites for hydroxylation is 2. The number of hydrogen-bond acceptors (Lipinski definition) is 7. The van der Waals surface area contributed by atoms with Crippen molar-refractivity contribution in [1.29, 1.82) is 0 Å². The van der Waals surface area contributed by atoms with Crippen molar-refractivity contribution >= 4 is 28.2 Å². The van der Waals surface area contributed by atoms with Crippen LogP contribution in [-0.2, 0) is 16.0 Å².